The van der Waals surface area contributed by atoms with Crippen LogP contribution < -0.4 is 15.5 Å². The van der Waals surface area contributed by atoms with E-state index in [9.17, 15) is 14.4 Å². The molecule has 0 saturated carbocycles. The number of nitrogens with zero attached hydrogens (tertiary/aromatic N) is 4. The molecule has 1 saturated heterocycles. The summed E-state index contributed by atoms with van der Waals surface area (Å²) in [7, 11) is 0. The minimum Gasteiger partial charge on any atom is -0.344 e. The number of imide groups is 1. The summed E-state index contributed by atoms with van der Waals surface area (Å²) in [4.78, 5) is 41.9. The van der Waals surface area contributed by atoms with Crippen molar-refractivity contribution in [2.45, 2.75) is 13.0 Å². The largest absolute Gasteiger partial charge is 0.344 e. The summed E-state index contributed by atoms with van der Waals surface area (Å²) in [5, 5.41) is 9.21. The van der Waals surface area contributed by atoms with Gasteiger partial charge in [0.2, 0.25) is 10.9 Å². The molecule has 10 heteroatoms. The molecule has 0 spiro atoms. The van der Waals surface area contributed by atoms with Crippen molar-refractivity contribution in [2.24, 2.45) is 0 Å². The van der Waals surface area contributed by atoms with Crippen molar-refractivity contribution < 1.29 is 14.4 Å². The Morgan fingerprint density at radius 1 is 1.31 bits per heavy atom. The predicted molar refractivity (Wildman–Crippen MR) is 94.1 cm³/mol. The molecule has 132 valence electrons. The summed E-state index contributed by atoms with van der Waals surface area (Å²) in [6.45, 7) is 1.83. The lowest BCUT2D eigenvalue weighted by molar-refractivity contribution is -0.117. The smallest absolute Gasteiger partial charge is 0.329 e. The van der Waals surface area contributed by atoms with Gasteiger partial charge in [-0.2, -0.15) is 5.10 Å². The average molecular weight is 370 g/mol. The van der Waals surface area contributed by atoms with Gasteiger partial charge in [0, 0.05) is 11.3 Å². The zero-order chi connectivity index (χ0) is 18.3. The van der Waals surface area contributed by atoms with Crippen LogP contribution in [0.1, 0.15) is 29.0 Å². The summed E-state index contributed by atoms with van der Waals surface area (Å²) in [5.74, 6) is -0.601. The van der Waals surface area contributed by atoms with Crippen molar-refractivity contribution in [2.75, 3.05) is 11.4 Å². The summed E-state index contributed by atoms with van der Waals surface area (Å²) in [6, 6.07) is 5.75. The molecule has 26 heavy (non-hydrogen) atoms. The molecule has 2 N–H and O–H groups in total. The van der Waals surface area contributed by atoms with Crippen molar-refractivity contribution in [1.82, 2.24) is 25.2 Å². The molecular formula is C16H14N6O3S. The number of carbonyl (C=O) groups is 3. The molecule has 0 radical (unpaired) electrons. The summed E-state index contributed by atoms with van der Waals surface area (Å²) >= 11 is 1.42. The first-order valence-corrected chi connectivity index (χ1v) is 8.70. The summed E-state index contributed by atoms with van der Waals surface area (Å²) in [5.41, 5.74) is 3.43. The maximum atomic E-state index is 12.4. The molecule has 4 amide bonds. The maximum absolute atomic E-state index is 12.4. The van der Waals surface area contributed by atoms with Crippen LogP contribution in [0, 0.1) is 0 Å². The number of nitrogens with one attached hydrogen (secondary N) is 2. The van der Waals surface area contributed by atoms with Gasteiger partial charge >= 0.3 is 6.03 Å². The van der Waals surface area contributed by atoms with Gasteiger partial charge < -0.3 is 5.32 Å². The van der Waals surface area contributed by atoms with E-state index in [0.717, 1.165) is 10.7 Å². The first kappa shape index (κ1) is 16.2. The number of amides is 4. The van der Waals surface area contributed by atoms with E-state index in [-0.39, 0.29) is 24.4 Å². The summed E-state index contributed by atoms with van der Waals surface area (Å²) in [6.07, 6.45) is 1.78. The van der Waals surface area contributed by atoms with Crippen LogP contribution in [-0.4, -0.2) is 39.0 Å². The molecule has 0 unspecified atom stereocenters. The van der Waals surface area contributed by atoms with E-state index < -0.39 is 6.03 Å². The molecular weight excluding hydrogens is 356 g/mol. The van der Waals surface area contributed by atoms with E-state index in [1.807, 2.05) is 6.92 Å². The number of imidazole rings is 1. The molecule has 1 fully saturated rings. The first-order chi connectivity index (χ1) is 12.5. The second-order valence-corrected chi connectivity index (χ2v) is 6.62. The number of benzene rings is 1. The van der Waals surface area contributed by atoms with Crippen LogP contribution >= 0.6 is 11.3 Å². The second-order valence-electron chi connectivity index (χ2n) is 5.81. The second kappa shape index (κ2) is 6.23. The number of anilines is 1. The van der Waals surface area contributed by atoms with Crippen molar-refractivity contribution >= 4 is 39.8 Å². The molecule has 3 aromatic rings. The van der Waals surface area contributed by atoms with E-state index in [0.29, 0.717) is 11.3 Å². The normalized spacial score (nSPS) is 15.3. The van der Waals surface area contributed by atoms with Crippen molar-refractivity contribution in [3.05, 3.63) is 47.2 Å². The Balaban J connectivity index is 1.45. The Morgan fingerprint density at radius 2 is 2.08 bits per heavy atom. The average Bonchev–Trinajstić information content (AvgIpc) is 3.29. The zero-order valence-electron chi connectivity index (χ0n) is 13.7. The molecule has 1 aromatic carbocycles. The fourth-order valence-electron chi connectivity index (χ4n) is 2.66. The molecule has 2 aromatic heterocycles. The van der Waals surface area contributed by atoms with Crippen molar-refractivity contribution in [1.29, 1.82) is 0 Å². The van der Waals surface area contributed by atoms with Gasteiger partial charge in [0.1, 0.15) is 12.1 Å². The highest BCUT2D eigenvalue weighted by Crippen LogP contribution is 2.19. The Morgan fingerprint density at radius 3 is 2.73 bits per heavy atom. The van der Waals surface area contributed by atoms with Crippen molar-refractivity contribution in [3.8, 4) is 0 Å². The maximum Gasteiger partial charge on any atom is 0.329 e. The molecule has 1 aliphatic heterocycles. The number of hydrogen-bond donors (Lipinski definition) is 2. The van der Waals surface area contributed by atoms with Crippen LogP contribution in [0.3, 0.4) is 0 Å². The number of rotatable bonds is 4. The van der Waals surface area contributed by atoms with Crippen LogP contribution in [0.5, 0.6) is 0 Å². The van der Waals surface area contributed by atoms with E-state index >= 15 is 0 Å². The predicted octanol–water partition coefficient (Wildman–Crippen LogP) is 1.34. The number of urea groups is 1. The monoisotopic (exact) mass is 370 g/mol. The van der Waals surface area contributed by atoms with Crippen LogP contribution in [0.15, 0.2) is 36.0 Å². The molecule has 0 bridgehead atoms. The van der Waals surface area contributed by atoms with Crippen LogP contribution in [0.2, 0.25) is 0 Å². The van der Waals surface area contributed by atoms with E-state index in [2.05, 4.69) is 20.7 Å². The lowest BCUT2D eigenvalue weighted by Gasteiger charge is -2.14. The standard InChI is InChI=1S/C16H14N6O3S/c1-9(12-6-22-16(19-12)26-8-17-22)18-14(24)10-2-4-11(5-3-10)21-7-13(23)20-15(21)25/h2-6,8-9H,7H2,1H3,(H,18,24)(H,20,23,25)/t9-/m0/s1. The molecule has 0 aliphatic carbocycles. The Hall–Kier alpha value is -3.27. The van der Waals surface area contributed by atoms with Gasteiger partial charge in [0.25, 0.3) is 5.91 Å². The van der Waals surface area contributed by atoms with Crippen LogP contribution in [-0.2, 0) is 4.79 Å². The molecule has 1 atom stereocenters. The van der Waals surface area contributed by atoms with E-state index in [1.165, 1.54) is 16.2 Å². The lowest BCUT2D eigenvalue weighted by Crippen LogP contribution is -2.28. The number of carbonyl (C=O) groups excluding carboxylic acids is 3. The SMILES string of the molecule is C[C@H](NC(=O)c1ccc(N2CC(=O)NC2=O)cc1)c1cn2ncsc2n1. The lowest BCUT2D eigenvalue weighted by atomic mass is 10.1. The highest BCUT2D eigenvalue weighted by molar-refractivity contribution is 7.14. The molecule has 4 rings (SSSR count). The zero-order valence-corrected chi connectivity index (χ0v) is 14.5. The van der Waals surface area contributed by atoms with Gasteiger partial charge in [0.15, 0.2) is 0 Å². The highest BCUT2D eigenvalue weighted by atomic mass is 32.1. The topological polar surface area (TPSA) is 109 Å². The van der Waals surface area contributed by atoms with Gasteiger partial charge in [-0.25, -0.2) is 14.3 Å². The first-order valence-electron chi connectivity index (χ1n) is 7.82. The Bertz CT molecular complexity index is 980. The third-order valence-corrected chi connectivity index (χ3v) is 4.72. The van der Waals surface area contributed by atoms with Gasteiger partial charge in [-0.3, -0.25) is 19.8 Å². The minimum atomic E-state index is -0.464. The fraction of sp³-hybridized carbons (Fsp3) is 0.188. The van der Waals surface area contributed by atoms with Crippen molar-refractivity contribution in [3.63, 3.8) is 0 Å². The quantitative estimate of drug-likeness (QED) is 0.674. The Kier molecular flexibility index (Phi) is 3.88. The van der Waals surface area contributed by atoms with Crippen LogP contribution in [0.4, 0.5) is 10.5 Å². The number of fused-ring (bicyclic) bond motifs is 1. The van der Waals surface area contributed by atoms with Gasteiger partial charge in [-0.15, -0.1) is 0 Å². The van der Waals surface area contributed by atoms with E-state index in [4.69, 9.17) is 0 Å². The highest BCUT2D eigenvalue weighted by Gasteiger charge is 2.28. The Labute approximate surface area is 151 Å². The van der Waals surface area contributed by atoms with Gasteiger partial charge in [-0.05, 0) is 31.2 Å². The third-order valence-electron chi connectivity index (χ3n) is 4.03. The van der Waals surface area contributed by atoms with Crippen LogP contribution in [0.25, 0.3) is 4.96 Å². The molecule has 1 aliphatic rings. The fourth-order valence-corrected chi connectivity index (χ4v) is 3.27. The number of hydrogen-bond acceptors (Lipinski definition) is 6. The molecule has 9 nitrogen and oxygen atoms in total. The van der Waals surface area contributed by atoms with E-state index in [1.54, 1.807) is 40.5 Å². The summed E-state index contributed by atoms with van der Waals surface area (Å²) < 4.78 is 1.67. The third kappa shape index (κ3) is 2.90. The number of aromatic nitrogens is 3. The van der Waals surface area contributed by atoms with Gasteiger partial charge in [0.05, 0.1) is 17.9 Å². The van der Waals surface area contributed by atoms with Gasteiger partial charge in [-0.1, -0.05) is 11.3 Å². The molecule has 3 heterocycles. The minimum absolute atomic E-state index is 0.0209.